The van der Waals surface area contributed by atoms with Crippen LogP contribution in [-0.2, 0) is 28.9 Å². The number of hydrogen-bond donors (Lipinski definition) is 6. The average molecular weight is 1130 g/mol. The summed E-state index contributed by atoms with van der Waals surface area (Å²) in [4.78, 5) is 13.2. The van der Waals surface area contributed by atoms with Gasteiger partial charge in [0, 0.05) is 6.42 Å². The minimum Gasteiger partial charge on any atom is -0.394 e. The zero-order chi connectivity index (χ0) is 56.8. The summed E-state index contributed by atoms with van der Waals surface area (Å²) in [6.07, 6.45) is 60.7. The molecule has 0 aromatic heterocycles. The molecule has 1 heterocycles. The lowest BCUT2D eigenvalue weighted by molar-refractivity contribution is -0.298. The van der Waals surface area contributed by atoms with Crippen LogP contribution < -0.4 is 5.32 Å². The Bertz CT molecular complexity index is 1470. The Balaban J connectivity index is 2.19. The first-order chi connectivity index (χ1) is 38.0. The minimum absolute atomic E-state index is 0.224. The molecule has 78 heavy (non-hydrogen) atoms. The summed E-state index contributed by atoms with van der Waals surface area (Å²) in [7, 11) is -5.08. The molecule has 1 saturated heterocycles. The molecule has 1 fully saturated rings. The molecule has 0 spiro atoms. The predicted octanol–water partition coefficient (Wildman–Crippen LogP) is 16.7. The molecule has 13 heteroatoms. The maximum absolute atomic E-state index is 13.2. The Hall–Kier alpha value is -1.42. The van der Waals surface area contributed by atoms with Crippen molar-refractivity contribution >= 4 is 16.3 Å². The van der Waals surface area contributed by atoms with Crippen molar-refractivity contribution in [2.24, 2.45) is 0 Å². The molecular weight excluding hydrogens is 1000 g/mol. The first-order valence-corrected chi connectivity index (χ1v) is 34.6. The predicted molar refractivity (Wildman–Crippen MR) is 324 cm³/mol. The Labute approximate surface area is 480 Å². The fourth-order valence-electron chi connectivity index (χ4n) is 10.9. The van der Waals surface area contributed by atoms with Gasteiger partial charge in [0.15, 0.2) is 6.29 Å². The van der Waals surface area contributed by atoms with E-state index in [1.807, 2.05) is 0 Å². The van der Waals surface area contributed by atoms with E-state index in [1.54, 1.807) is 0 Å². The SMILES string of the molecule is CCCCCCCCCCCCC/C=C\C/C=C\CCCCCCCCCCCCCCCCCCCC(=O)NC(COC1OC(CO)C(O)C(OS(=O)(=O)O)C1O)C(O)CCCCCCCCCCCCCCCCCC. The van der Waals surface area contributed by atoms with Crippen molar-refractivity contribution < 1.29 is 51.8 Å². The van der Waals surface area contributed by atoms with E-state index >= 15 is 0 Å². The first-order valence-electron chi connectivity index (χ1n) is 33.2. The van der Waals surface area contributed by atoms with Crippen LogP contribution in [0.25, 0.3) is 0 Å². The molecule has 1 aliphatic heterocycles. The highest BCUT2D eigenvalue weighted by Crippen LogP contribution is 2.26. The number of carbonyl (C=O) groups excluding carboxylic acids is 1. The summed E-state index contributed by atoms with van der Waals surface area (Å²) < 4.78 is 48.0. The number of allylic oxidation sites excluding steroid dienone is 4. The van der Waals surface area contributed by atoms with Gasteiger partial charge in [0.2, 0.25) is 5.91 Å². The van der Waals surface area contributed by atoms with Gasteiger partial charge >= 0.3 is 10.4 Å². The van der Waals surface area contributed by atoms with Gasteiger partial charge in [-0.1, -0.05) is 301 Å². The highest BCUT2D eigenvalue weighted by atomic mass is 32.3. The molecular formula is C65H125NO11S. The Morgan fingerprint density at radius 1 is 0.513 bits per heavy atom. The summed E-state index contributed by atoms with van der Waals surface area (Å²) in [6.45, 7) is 3.50. The second-order valence-corrected chi connectivity index (χ2v) is 24.5. The van der Waals surface area contributed by atoms with Gasteiger partial charge in [-0.3, -0.25) is 9.35 Å². The molecule has 1 amide bonds. The van der Waals surface area contributed by atoms with E-state index in [0.717, 1.165) is 57.8 Å². The topological polar surface area (TPSA) is 192 Å². The fourth-order valence-corrected chi connectivity index (χ4v) is 11.4. The highest BCUT2D eigenvalue weighted by molar-refractivity contribution is 7.80. The number of ether oxygens (including phenoxy) is 2. The van der Waals surface area contributed by atoms with Crippen LogP contribution in [0.2, 0.25) is 0 Å². The van der Waals surface area contributed by atoms with Crippen LogP contribution in [0.1, 0.15) is 328 Å². The van der Waals surface area contributed by atoms with Gasteiger partial charge in [0.1, 0.15) is 24.4 Å². The van der Waals surface area contributed by atoms with Gasteiger partial charge in [0.05, 0.1) is 25.4 Å². The third-order valence-corrected chi connectivity index (χ3v) is 16.5. The molecule has 462 valence electrons. The number of aliphatic hydroxyl groups excluding tert-OH is 4. The number of hydrogen-bond acceptors (Lipinski definition) is 10. The second kappa shape index (κ2) is 54.8. The molecule has 7 atom stereocenters. The average Bonchev–Trinajstić information content (AvgIpc) is 3.44. The van der Waals surface area contributed by atoms with Crippen molar-refractivity contribution in [3.8, 4) is 0 Å². The number of unbranched alkanes of at least 4 members (excludes halogenated alkanes) is 43. The Morgan fingerprint density at radius 2 is 0.859 bits per heavy atom. The van der Waals surface area contributed by atoms with E-state index in [-0.39, 0.29) is 12.5 Å². The summed E-state index contributed by atoms with van der Waals surface area (Å²) in [6, 6.07) is -0.857. The standard InChI is InChI=1S/C65H125NO11S/c1-3-5-7-9-11-13-15-17-19-21-22-23-24-25-26-27-28-29-30-31-32-33-34-35-36-37-38-39-41-43-45-47-49-51-53-55-61(69)66-58(57-75-65-63(71)64(77-78(72,73)74)62(70)60(56-67)76-65)59(68)54-52-50-48-46-44-42-40-20-18-16-14-12-10-8-6-4-2/h24-25,27-28,58-60,62-65,67-68,70-71H,3-23,26,29-57H2,1-2H3,(H,66,69)(H,72,73,74)/b25-24-,28-27-. The van der Waals surface area contributed by atoms with Crippen molar-refractivity contribution in [3.63, 3.8) is 0 Å². The molecule has 1 aliphatic rings. The van der Waals surface area contributed by atoms with Crippen molar-refractivity contribution in [2.75, 3.05) is 13.2 Å². The van der Waals surface area contributed by atoms with Crippen LogP contribution in [0.5, 0.6) is 0 Å². The Morgan fingerprint density at radius 3 is 1.22 bits per heavy atom. The van der Waals surface area contributed by atoms with E-state index in [4.69, 9.17) is 9.47 Å². The molecule has 0 saturated carbocycles. The zero-order valence-corrected chi connectivity index (χ0v) is 51.3. The lowest BCUT2D eigenvalue weighted by Crippen LogP contribution is -2.61. The minimum atomic E-state index is -5.08. The number of carbonyl (C=O) groups is 1. The maximum atomic E-state index is 13.2. The van der Waals surface area contributed by atoms with Gasteiger partial charge in [-0.25, -0.2) is 4.18 Å². The van der Waals surface area contributed by atoms with Crippen LogP contribution in [0.15, 0.2) is 24.3 Å². The van der Waals surface area contributed by atoms with E-state index in [1.165, 1.54) is 244 Å². The largest absolute Gasteiger partial charge is 0.397 e. The molecule has 0 aromatic rings. The Kier molecular flexibility index (Phi) is 52.4. The molecule has 1 rings (SSSR count). The van der Waals surface area contributed by atoms with Crippen LogP contribution in [0, 0.1) is 0 Å². The third kappa shape index (κ3) is 46.1. The number of rotatable bonds is 59. The number of aliphatic hydroxyl groups is 4. The maximum Gasteiger partial charge on any atom is 0.397 e. The molecule has 12 nitrogen and oxygen atoms in total. The highest BCUT2D eigenvalue weighted by Gasteiger charge is 2.48. The van der Waals surface area contributed by atoms with Gasteiger partial charge in [-0.05, 0) is 44.9 Å². The summed E-state index contributed by atoms with van der Waals surface area (Å²) >= 11 is 0. The molecule has 0 aromatic carbocycles. The van der Waals surface area contributed by atoms with Gasteiger partial charge in [-0.15, -0.1) is 0 Å². The van der Waals surface area contributed by atoms with Crippen LogP contribution in [0.4, 0.5) is 0 Å². The summed E-state index contributed by atoms with van der Waals surface area (Å²) in [5.41, 5.74) is 0. The van der Waals surface area contributed by atoms with E-state index in [2.05, 4.69) is 47.7 Å². The van der Waals surface area contributed by atoms with E-state index in [9.17, 15) is 38.2 Å². The van der Waals surface area contributed by atoms with Crippen LogP contribution in [0.3, 0.4) is 0 Å². The van der Waals surface area contributed by atoms with Crippen molar-refractivity contribution in [2.45, 2.75) is 371 Å². The molecule has 0 radical (unpaired) electrons. The molecule has 7 unspecified atom stereocenters. The second-order valence-electron chi connectivity index (χ2n) is 23.4. The fraction of sp³-hybridized carbons (Fsp3) is 0.923. The van der Waals surface area contributed by atoms with E-state index < -0.39 is 59.9 Å². The van der Waals surface area contributed by atoms with Crippen molar-refractivity contribution in [1.29, 1.82) is 0 Å². The molecule has 0 bridgehead atoms. The van der Waals surface area contributed by atoms with Gasteiger partial charge in [0.25, 0.3) is 0 Å². The smallest absolute Gasteiger partial charge is 0.394 e. The van der Waals surface area contributed by atoms with Gasteiger partial charge < -0.3 is 35.2 Å². The molecule has 0 aliphatic carbocycles. The monoisotopic (exact) mass is 1130 g/mol. The van der Waals surface area contributed by atoms with Crippen molar-refractivity contribution in [1.82, 2.24) is 5.32 Å². The number of nitrogens with one attached hydrogen (secondary N) is 1. The van der Waals surface area contributed by atoms with Crippen LogP contribution in [-0.4, -0.2) is 95.4 Å². The lowest BCUT2D eigenvalue weighted by Gasteiger charge is -2.41. The van der Waals surface area contributed by atoms with Crippen LogP contribution >= 0.6 is 0 Å². The lowest BCUT2D eigenvalue weighted by atomic mass is 9.99. The molecule has 6 N–H and O–H groups in total. The van der Waals surface area contributed by atoms with Gasteiger partial charge in [-0.2, -0.15) is 8.42 Å². The number of amides is 1. The quantitative estimate of drug-likeness (QED) is 0.0193. The zero-order valence-electron chi connectivity index (χ0n) is 50.5. The third-order valence-electron chi connectivity index (χ3n) is 16.0. The van der Waals surface area contributed by atoms with E-state index in [0.29, 0.717) is 12.8 Å². The van der Waals surface area contributed by atoms with Crippen molar-refractivity contribution in [3.05, 3.63) is 24.3 Å². The summed E-state index contributed by atoms with van der Waals surface area (Å²) in [5.74, 6) is -0.224. The summed E-state index contributed by atoms with van der Waals surface area (Å²) in [5, 5.41) is 45.2. The normalized spacial score (nSPS) is 18.9. The first kappa shape index (κ1) is 74.6.